The maximum Gasteiger partial charge on any atom is 0.122 e. The quantitative estimate of drug-likeness (QED) is 0.289. The van der Waals surface area contributed by atoms with Gasteiger partial charge in [0.05, 0.1) is 0 Å². The van der Waals surface area contributed by atoms with Crippen LogP contribution in [0.3, 0.4) is 0 Å². The fourth-order valence-electron chi connectivity index (χ4n) is 4.53. The van der Waals surface area contributed by atoms with Gasteiger partial charge in [-0.05, 0) is 111 Å². The normalized spacial score (nSPS) is 13.2. The summed E-state index contributed by atoms with van der Waals surface area (Å²) < 4.78 is 0. The number of phenols is 2. The number of aromatic hydroxyl groups is 2. The third kappa shape index (κ3) is 4.22. The Labute approximate surface area is 198 Å². The highest BCUT2D eigenvalue weighted by molar-refractivity contribution is 7.08. The van der Waals surface area contributed by atoms with E-state index in [0.29, 0.717) is 11.5 Å². The molecule has 2 N–H and O–H groups in total. The molecule has 0 aliphatic carbocycles. The van der Waals surface area contributed by atoms with E-state index in [1.165, 1.54) is 11.1 Å². The minimum Gasteiger partial charge on any atom is -0.507 e. The number of benzene rings is 2. The van der Waals surface area contributed by atoms with Crippen LogP contribution in [0.4, 0.5) is 0 Å². The van der Waals surface area contributed by atoms with Crippen LogP contribution in [0.25, 0.3) is 11.1 Å². The molecule has 4 heteroatoms. The zero-order valence-electron chi connectivity index (χ0n) is 19.1. The van der Waals surface area contributed by atoms with Gasteiger partial charge in [-0.2, -0.15) is 22.7 Å². The molecule has 2 unspecified atom stereocenters. The van der Waals surface area contributed by atoms with Gasteiger partial charge in [-0.15, -0.1) is 0 Å². The van der Waals surface area contributed by atoms with E-state index in [2.05, 4.69) is 78.7 Å². The minimum atomic E-state index is 0.108. The molecular weight excluding hydrogens is 432 g/mol. The Bertz CT molecular complexity index is 1190. The predicted octanol–water partition coefficient (Wildman–Crippen LogP) is 8.45. The smallest absolute Gasteiger partial charge is 0.122 e. The van der Waals surface area contributed by atoms with Crippen molar-refractivity contribution in [3.05, 3.63) is 91.3 Å². The van der Waals surface area contributed by atoms with Crippen LogP contribution in [-0.4, -0.2) is 10.2 Å². The molecule has 0 aliphatic rings. The average Bonchev–Trinajstić information content (AvgIpc) is 3.51. The van der Waals surface area contributed by atoms with Crippen molar-refractivity contribution < 1.29 is 10.2 Å². The summed E-state index contributed by atoms with van der Waals surface area (Å²) in [6.45, 7) is 8.36. The molecule has 0 saturated heterocycles. The van der Waals surface area contributed by atoms with Gasteiger partial charge in [0, 0.05) is 23.0 Å². The van der Waals surface area contributed by atoms with Crippen LogP contribution in [0.2, 0.25) is 0 Å². The summed E-state index contributed by atoms with van der Waals surface area (Å²) in [7, 11) is 0. The average molecular weight is 463 g/mol. The van der Waals surface area contributed by atoms with Crippen molar-refractivity contribution in [2.24, 2.45) is 0 Å². The Kier molecular flexibility index (Phi) is 6.73. The molecule has 2 nitrogen and oxygen atoms in total. The first-order valence-corrected chi connectivity index (χ1v) is 13.1. The summed E-state index contributed by atoms with van der Waals surface area (Å²) in [6, 6.07) is 12.7. The SMILES string of the molecule is CCc1cc(-c2cc(C)c(O)c(C(C)c3ccsc3)c2)cc(C(CC)c2ccsc2)c1O. The van der Waals surface area contributed by atoms with Crippen molar-refractivity contribution in [3.63, 3.8) is 0 Å². The lowest BCUT2D eigenvalue weighted by Crippen LogP contribution is -2.02. The first kappa shape index (κ1) is 22.6. The van der Waals surface area contributed by atoms with Crippen LogP contribution in [0.5, 0.6) is 11.5 Å². The molecule has 4 rings (SSSR count). The standard InChI is InChI=1S/C28H30O2S2/c1-5-19-12-23(14-26(28(19)30)24(6-2)21-8-10-32-16-21)22-11-17(3)27(29)25(13-22)18(4)20-7-9-31-15-20/h7-16,18,24,29-30H,5-6H2,1-4H3. The van der Waals surface area contributed by atoms with E-state index in [1.807, 2.05) is 6.92 Å². The second kappa shape index (κ2) is 9.51. The fraction of sp³-hybridized carbons (Fsp3) is 0.286. The summed E-state index contributed by atoms with van der Waals surface area (Å²) in [5.41, 5.74) is 8.39. The number of aryl methyl sites for hydroxylation is 2. The molecule has 0 radical (unpaired) electrons. The Morgan fingerprint density at radius 3 is 2.03 bits per heavy atom. The molecule has 166 valence electrons. The second-order valence-corrected chi connectivity index (χ2v) is 10.0. The van der Waals surface area contributed by atoms with E-state index in [1.54, 1.807) is 22.7 Å². The van der Waals surface area contributed by atoms with Gasteiger partial charge in [-0.3, -0.25) is 0 Å². The number of thiophene rings is 2. The molecule has 0 saturated carbocycles. The van der Waals surface area contributed by atoms with Crippen molar-refractivity contribution in [2.45, 2.75) is 52.4 Å². The van der Waals surface area contributed by atoms with Crippen LogP contribution in [0, 0.1) is 6.92 Å². The highest BCUT2D eigenvalue weighted by Gasteiger charge is 2.21. The molecule has 0 fully saturated rings. The van der Waals surface area contributed by atoms with Gasteiger partial charge in [0.1, 0.15) is 11.5 Å². The molecule has 4 aromatic rings. The van der Waals surface area contributed by atoms with E-state index in [0.717, 1.165) is 46.2 Å². The number of phenolic OH excluding ortho intramolecular Hbond substituents is 2. The second-order valence-electron chi connectivity index (χ2n) is 8.45. The molecule has 2 heterocycles. The number of hydrogen-bond donors (Lipinski definition) is 2. The van der Waals surface area contributed by atoms with Crippen molar-refractivity contribution in [3.8, 4) is 22.6 Å². The summed E-state index contributed by atoms with van der Waals surface area (Å²) in [5.74, 6) is 1.05. The van der Waals surface area contributed by atoms with Crippen molar-refractivity contribution in [1.29, 1.82) is 0 Å². The molecule has 0 amide bonds. The topological polar surface area (TPSA) is 40.5 Å². The van der Waals surface area contributed by atoms with Gasteiger partial charge in [0.2, 0.25) is 0 Å². The van der Waals surface area contributed by atoms with Gasteiger partial charge in [0.15, 0.2) is 0 Å². The maximum absolute atomic E-state index is 11.1. The van der Waals surface area contributed by atoms with E-state index in [9.17, 15) is 10.2 Å². The van der Waals surface area contributed by atoms with Gasteiger partial charge >= 0.3 is 0 Å². The monoisotopic (exact) mass is 462 g/mol. The lowest BCUT2D eigenvalue weighted by molar-refractivity contribution is 0.457. The van der Waals surface area contributed by atoms with Gasteiger partial charge in [-0.25, -0.2) is 0 Å². The zero-order valence-corrected chi connectivity index (χ0v) is 20.7. The van der Waals surface area contributed by atoms with Crippen LogP contribution in [0.15, 0.2) is 57.9 Å². The van der Waals surface area contributed by atoms with Crippen molar-refractivity contribution >= 4 is 22.7 Å². The maximum atomic E-state index is 11.1. The molecule has 2 atom stereocenters. The Morgan fingerprint density at radius 1 is 0.812 bits per heavy atom. The van der Waals surface area contributed by atoms with Crippen LogP contribution < -0.4 is 0 Å². The van der Waals surface area contributed by atoms with Crippen molar-refractivity contribution in [2.75, 3.05) is 0 Å². The first-order chi connectivity index (χ1) is 15.4. The molecular formula is C28H30O2S2. The molecule has 0 spiro atoms. The van der Waals surface area contributed by atoms with E-state index >= 15 is 0 Å². The zero-order chi connectivity index (χ0) is 22.8. The van der Waals surface area contributed by atoms with Gasteiger partial charge in [-0.1, -0.05) is 20.8 Å². The lowest BCUT2D eigenvalue weighted by atomic mass is 9.85. The highest BCUT2D eigenvalue weighted by atomic mass is 32.1. The Morgan fingerprint density at radius 2 is 1.44 bits per heavy atom. The molecule has 2 aromatic heterocycles. The fourth-order valence-corrected chi connectivity index (χ4v) is 6.00. The van der Waals surface area contributed by atoms with Crippen LogP contribution in [-0.2, 0) is 6.42 Å². The molecule has 2 aromatic carbocycles. The third-order valence-corrected chi connectivity index (χ3v) is 7.90. The Hall–Kier alpha value is -2.56. The van der Waals surface area contributed by atoms with Crippen molar-refractivity contribution in [1.82, 2.24) is 0 Å². The summed E-state index contributed by atoms with van der Waals surface area (Å²) in [4.78, 5) is 0. The molecule has 32 heavy (non-hydrogen) atoms. The predicted molar refractivity (Wildman–Crippen MR) is 138 cm³/mol. The summed E-state index contributed by atoms with van der Waals surface area (Å²) in [5, 5.41) is 30.4. The molecule has 0 bridgehead atoms. The third-order valence-electron chi connectivity index (χ3n) is 6.50. The largest absolute Gasteiger partial charge is 0.507 e. The van der Waals surface area contributed by atoms with Crippen LogP contribution in [0.1, 0.15) is 72.4 Å². The van der Waals surface area contributed by atoms with E-state index in [4.69, 9.17) is 0 Å². The Balaban J connectivity index is 1.87. The summed E-state index contributed by atoms with van der Waals surface area (Å²) >= 11 is 3.37. The van der Waals surface area contributed by atoms with Crippen LogP contribution >= 0.6 is 22.7 Å². The van der Waals surface area contributed by atoms with E-state index < -0.39 is 0 Å². The number of rotatable bonds is 7. The van der Waals surface area contributed by atoms with E-state index in [-0.39, 0.29) is 11.8 Å². The lowest BCUT2D eigenvalue weighted by Gasteiger charge is -2.21. The first-order valence-electron chi connectivity index (χ1n) is 11.2. The number of hydrogen-bond acceptors (Lipinski definition) is 4. The van der Waals surface area contributed by atoms with Gasteiger partial charge < -0.3 is 10.2 Å². The minimum absolute atomic E-state index is 0.108. The summed E-state index contributed by atoms with van der Waals surface area (Å²) in [6.07, 6.45) is 1.69. The van der Waals surface area contributed by atoms with Gasteiger partial charge in [0.25, 0.3) is 0 Å². The molecule has 0 aliphatic heterocycles. The highest BCUT2D eigenvalue weighted by Crippen LogP contribution is 2.42.